The van der Waals surface area contributed by atoms with Crippen LogP contribution in [0.5, 0.6) is 0 Å². The summed E-state index contributed by atoms with van der Waals surface area (Å²) in [6, 6.07) is 0. The first-order chi connectivity index (χ1) is 9.40. The average Bonchev–Trinajstić information content (AvgIpc) is 2.37. The third-order valence-electron chi connectivity index (χ3n) is 4.50. The van der Waals surface area contributed by atoms with Crippen molar-refractivity contribution in [2.45, 2.75) is 73.1 Å². The summed E-state index contributed by atoms with van der Waals surface area (Å²) in [5.74, 6) is 0.655. The molecule has 112 valence electrons. The molecular formula is C20H32. The summed E-state index contributed by atoms with van der Waals surface area (Å²) in [5, 5.41) is 0. The molecule has 0 heterocycles. The summed E-state index contributed by atoms with van der Waals surface area (Å²) in [5.41, 5.74) is 7.58. The van der Waals surface area contributed by atoms with Crippen LogP contribution in [0.25, 0.3) is 0 Å². The smallest absolute Gasteiger partial charge is 0.0134 e. The Morgan fingerprint density at radius 2 is 1.90 bits per heavy atom. The Hall–Kier alpha value is -1.04. The second kappa shape index (κ2) is 8.29. The molecule has 0 N–H and O–H groups in total. The Morgan fingerprint density at radius 1 is 1.20 bits per heavy atom. The van der Waals surface area contributed by atoms with Crippen LogP contribution in [0.2, 0.25) is 0 Å². The molecule has 0 aromatic rings. The summed E-state index contributed by atoms with van der Waals surface area (Å²) >= 11 is 0. The van der Waals surface area contributed by atoms with Gasteiger partial charge in [0, 0.05) is 0 Å². The van der Waals surface area contributed by atoms with E-state index >= 15 is 0 Å². The van der Waals surface area contributed by atoms with Gasteiger partial charge in [-0.2, -0.15) is 0 Å². The maximum atomic E-state index is 4.18. The summed E-state index contributed by atoms with van der Waals surface area (Å²) in [7, 11) is 0. The highest BCUT2D eigenvalue weighted by molar-refractivity contribution is 5.20. The minimum Gasteiger partial charge on any atom is -0.0998 e. The van der Waals surface area contributed by atoms with Crippen LogP contribution < -0.4 is 0 Å². The lowest BCUT2D eigenvalue weighted by Gasteiger charge is -2.20. The molecule has 1 atom stereocenters. The quantitative estimate of drug-likeness (QED) is 0.498. The molecule has 1 aliphatic carbocycles. The molecular weight excluding hydrogens is 240 g/mol. The first kappa shape index (κ1) is 17.0. The Labute approximate surface area is 126 Å². The first-order valence-corrected chi connectivity index (χ1v) is 8.02. The van der Waals surface area contributed by atoms with Gasteiger partial charge < -0.3 is 0 Å². The van der Waals surface area contributed by atoms with E-state index in [1.54, 1.807) is 16.7 Å². The SMILES string of the molecule is C=C(C)[C@H]1C/C=C(\C)CC/C(CC=C(C)C)=C(/C)CC1. The van der Waals surface area contributed by atoms with E-state index in [9.17, 15) is 0 Å². The Kier molecular flexibility index (Phi) is 7.05. The lowest BCUT2D eigenvalue weighted by molar-refractivity contribution is 0.559. The minimum atomic E-state index is 0.655. The fourth-order valence-corrected chi connectivity index (χ4v) is 2.74. The van der Waals surface area contributed by atoms with E-state index in [4.69, 9.17) is 0 Å². The molecule has 0 aliphatic heterocycles. The molecule has 0 fully saturated rings. The van der Waals surface area contributed by atoms with Crippen LogP contribution in [0, 0.1) is 5.92 Å². The Morgan fingerprint density at radius 3 is 2.50 bits per heavy atom. The third kappa shape index (κ3) is 5.94. The van der Waals surface area contributed by atoms with Gasteiger partial charge in [0.05, 0.1) is 0 Å². The summed E-state index contributed by atoms with van der Waals surface area (Å²) in [4.78, 5) is 0. The van der Waals surface area contributed by atoms with Crippen LogP contribution in [-0.2, 0) is 0 Å². The Bertz CT molecular complexity index is 425. The lowest BCUT2D eigenvalue weighted by Crippen LogP contribution is -2.03. The highest BCUT2D eigenvalue weighted by atomic mass is 14.2. The lowest BCUT2D eigenvalue weighted by atomic mass is 9.86. The molecule has 20 heavy (non-hydrogen) atoms. The van der Waals surface area contributed by atoms with Crippen molar-refractivity contribution in [2.75, 3.05) is 0 Å². The van der Waals surface area contributed by atoms with Gasteiger partial charge >= 0.3 is 0 Å². The summed E-state index contributed by atoms with van der Waals surface area (Å²) in [6.45, 7) is 15.4. The highest BCUT2D eigenvalue weighted by Gasteiger charge is 2.12. The van der Waals surface area contributed by atoms with Gasteiger partial charge in [-0.05, 0) is 79.1 Å². The van der Waals surface area contributed by atoms with E-state index in [1.807, 2.05) is 0 Å². The number of allylic oxidation sites excluding steroid dienone is 7. The zero-order valence-corrected chi connectivity index (χ0v) is 14.2. The fourth-order valence-electron chi connectivity index (χ4n) is 2.74. The van der Waals surface area contributed by atoms with Gasteiger partial charge in [0.1, 0.15) is 0 Å². The second-order valence-corrected chi connectivity index (χ2v) is 6.74. The van der Waals surface area contributed by atoms with Gasteiger partial charge in [0.15, 0.2) is 0 Å². The number of rotatable bonds is 3. The van der Waals surface area contributed by atoms with Crippen molar-refractivity contribution in [3.05, 3.63) is 46.6 Å². The van der Waals surface area contributed by atoms with Crippen LogP contribution in [0.3, 0.4) is 0 Å². The number of hydrogen-bond donors (Lipinski definition) is 0. The molecule has 0 aromatic heterocycles. The fraction of sp³-hybridized carbons (Fsp3) is 0.600. The molecule has 0 saturated carbocycles. The van der Waals surface area contributed by atoms with E-state index in [0.29, 0.717) is 5.92 Å². The van der Waals surface area contributed by atoms with E-state index in [0.717, 1.165) is 6.42 Å². The zero-order valence-electron chi connectivity index (χ0n) is 14.2. The normalized spacial score (nSPS) is 27.4. The molecule has 0 bridgehead atoms. The van der Waals surface area contributed by atoms with Gasteiger partial charge in [-0.15, -0.1) is 0 Å². The number of hydrogen-bond acceptors (Lipinski definition) is 0. The van der Waals surface area contributed by atoms with Crippen LogP contribution in [-0.4, -0.2) is 0 Å². The second-order valence-electron chi connectivity index (χ2n) is 6.74. The van der Waals surface area contributed by atoms with Crippen LogP contribution in [0.1, 0.15) is 73.1 Å². The van der Waals surface area contributed by atoms with Gasteiger partial charge in [0.25, 0.3) is 0 Å². The monoisotopic (exact) mass is 272 g/mol. The molecule has 1 aliphatic rings. The van der Waals surface area contributed by atoms with Crippen molar-refractivity contribution in [3.8, 4) is 0 Å². The molecule has 0 nitrogen and oxygen atoms in total. The molecule has 0 spiro atoms. The highest BCUT2D eigenvalue weighted by Crippen LogP contribution is 2.29. The van der Waals surface area contributed by atoms with Crippen molar-refractivity contribution in [1.82, 2.24) is 0 Å². The molecule has 0 saturated heterocycles. The van der Waals surface area contributed by atoms with Gasteiger partial charge in [-0.1, -0.05) is 46.6 Å². The molecule has 0 unspecified atom stereocenters. The maximum absolute atomic E-state index is 4.18. The largest absolute Gasteiger partial charge is 0.0998 e. The van der Waals surface area contributed by atoms with Gasteiger partial charge in [-0.25, -0.2) is 0 Å². The predicted molar refractivity (Wildman–Crippen MR) is 91.9 cm³/mol. The van der Waals surface area contributed by atoms with E-state index in [-0.39, 0.29) is 0 Å². The van der Waals surface area contributed by atoms with E-state index in [1.165, 1.54) is 43.3 Å². The van der Waals surface area contributed by atoms with Crippen molar-refractivity contribution in [1.29, 1.82) is 0 Å². The van der Waals surface area contributed by atoms with E-state index in [2.05, 4.69) is 53.3 Å². The molecule has 0 aromatic carbocycles. The summed E-state index contributed by atoms with van der Waals surface area (Å²) < 4.78 is 0. The standard InChI is InChI=1S/C20H32/c1-15(2)7-11-20-13-9-17(5)8-12-19(16(3)4)14-10-18(20)6/h7-8,19H,3,9-14H2,1-2,4-6H3/b17-8+,20-18-/t19-/m0/s1. The minimum absolute atomic E-state index is 0.655. The maximum Gasteiger partial charge on any atom is -0.0134 e. The molecule has 0 radical (unpaired) electrons. The van der Waals surface area contributed by atoms with Crippen molar-refractivity contribution >= 4 is 0 Å². The van der Waals surface area contributed by atoms with E-state index < -0.39 is 0 Å². The topological polar surface area (TPSA) is 0 Å². The molecule has 0 heteroatoms. The van der Waals surface area contributed by atoms with Crippen LogP contribution >= 0.6 is 0 Å². The third-order valence-corrected chi connectivity index (χ3v) is 4.50. The van der Waals surface area contributed by atoms with Crippen LogP contribution in [0.15, 0.2) is 46.6 Å². The molecule has 0 amide bonds. The van der Waals surface area contributed by atoms with Gasteiger partial charge in [0.2, 0.25) is 0 Å². The predicted octanol–water partition coefficient (Wildman–Crippen LogP) is 6.76. The average molecular weight is 272 g/mol. The van der Waals surface area contributed by atoms with Crippen molar-refractivity contribution < 1.29 is 0 Å². The van der Waals surface area contributed by atoms with Crippen molar-refractivity contribution in [2.24, 2.45) is 5.92 Å². The van der Waals surface area contributed by atoms with Gasteiger partial charge in [-0.3, -0.25) is 0 Å². The first-order valence-electron chi connectivity index (χ1n) is 8.02. The van der Waals surface area contributed by atoms with Crippen LogP contribution in [0.4, 0.5) is 0 Å². The Balaban J connectivity index is 2.89. The molecule has 1 rings (SSSR count). The zero-order chi connectivity index (χ0) is 15.1. The summed E-state index contributed by atoms with van der Waals surface area (Å²) in [6.07, 6.45) is 12.1. The van der Waals surface area contributed by atoms with Crippen molar-refractivity contribution in [3.63, 3.8) is 0 Å².